The number of halogens is 1. The molecule has 0 saturated heterocycles. The minimum Gasteiger partial charge on any atom is -0.494 e. The smallest absolute Gasteiger partial charge is 0.325 e. The zero-order valence-electron chi connectivity index (χ0n) is 11.5. The molecule has 5 heteroatoms. The van der Waals surface area contributed by atoms with Crippen molar-refractivity contribution in [1.29, 1.82) is 0 Å². The predicted octanol–water partition coefficient (Wildman–Crippen LogP) is 2.14. The van der Waals surface area contributed by atoms with E-state index >= 15 is 0 Å². The third-order valence-corrected chi connectivity index (χ3v) is 3.09. The maximum absolute atomic E-state index is 12.7. The highest BCUT2D eigenvalue weighted by molar-refractivity contribution is 5.80. The van der Waals surface area contributed by atoms with E-state index in [2.05, 4.69) is 5.32 Å². The fourth-order valence-corrected chi connectivity index (χ4v) is 1.70. The molecule has 1 aromatic carbocycles. The van der Waals surface area contributed by atoms with Gasteiger partial charge in [-0.05, 0) is 51.1 Å². The molecule has 1 rings (SSSR count). The van der Waals surface area contributed by atoms with Gasteiger partial charge in [0, 0.05) is 0 Å². The normalized spacial score (nSPS) is 13.7. The number of likely N-dealkylation sites (N-methyl/N-ethyl adjacent to an activating group) is 1. The predicted molar refractivity (Wildman–Crippen MR) is 70.6 cm³/mol. The molecule has 0 aromatic heterocycles. The van der Waals surface area contributed by atoms with Crippen LogP contribution < -0.4 is 10.1 Å². The highest BCUT2D eigenvalue weighted by atomic mass is 19.1. The minimum absolute atomic E-state index is 0.291. The number of carbonyl (C=O) groups is 1. The van der Waals surface area contributed by atoms with Gasteiger partial charge in [0.1, 0.15) is 17.1 Å². The summed E-state index contributed by atoms with van der Waals surface area (Å²) in [6.45, 7) is 2.25. The third kappa shape index (κ3) is 4.52. The van der Waals surface area contributed by atoms with Crippen molar-refractivity contribution in [3.8, 4) is 5.75 Å². The molecule has 0 aliphatic heterocycles. The first-order valence-corrected chi connectivity index (χ1v) is 6.17. The molecule has 0 amide bonds. The molecular formula is C14H20FNO3. The molecule has 0 aliphatic carbocycles. The Morgan fingerprint density at radius 2 is 2.00 bits per heavy atom. The minimum atomic E-state index is -0.707. The van der Waals surface area contributed by atoms with E-state index in [0.717, 1.165) is 0 Å². The molecule has 4 nitrogen and oxygen atoms in total. The van der Waals surface area contributed by atoms with E-state index in [1.165, 1.54) is 19.2 Å². The second-order valence-corrected chi connectivity index (χ2v) is 4.48. The average Bonchev–Trinajstić information content (AvgIpc) is 2.44. The third-order valence-electron chi connectivity index (χ3n) is 3.09. The van der Waals surface area contributed by atoms with Crippen molar-refractivity contribution >= 4 is 5.97 Å². The van der Waals surface area contributed by atoms with Crippen molar-refractivity contribution in [2.24, 2.45) is 0 Å². The van der Waals surface area contributed by atoms with Crippen molar-refractivity contribution in [2.75, 3.05) is 20.8 Å². The Hall–Kier alpha value is -1.62. The summed E-state index contributed by atoms with van der Waals surface area (Å²) in [5.74, 6) is 0.0308. The van der Waals surface area contributed by atoms with Crippen molar-refractivity contribution in [1.82, 2.24) is 5.32 Å². The van der Waals surface area contributed by atoms with Gasteiger partial charge in [0.15, 0.2) is 0 Å². The van der Waals surface area contributed by atoms with Gasteiger partial charge in [-0.3, -0.25) is 4.79 Å². The van der Waals surface area contributed by atoms with Crippen LogP contribution in [0, 0.1) is 5.82 Å². The van der Waals surface area contributed by atoms with Crippen LogP contribution in [0.15, 0.2) is 24.3 Å². The monoisotopic (exact) mass is 269 g/mol. The standard InChI is InChI=1S/C14H20FNO3/c1-14(16-2,13(17)18-3)9-4-10-19-12-7-5-11(15)6-8-12/h5-8,16H,4,9-10H2,1-3H3. The number of benzene rings is 1. The lowest BCUT2D eigenvalue weighted by molar-refractivity contribution is -0.148. The van der Waals surface area contributed by atoms with Gasteiger partial charge < -0.3 is 14.8 Å². The fourth-order valence-electron chi connectivity index (χ4n) is 1.70. The van der Waals surface area contributed by atoms with Crippen LogP contribution >= 0.6 is 0 Å². The summed E-state index contributed by atoms with van der Waals surface area (Å²) in [5.41, 5.74) is -0.707. The summed E-state index contributed by atoms with van der Waals surface area (Å²) in [4.78, 5) is 11.6. The fraction of sp³-hybridized carbons (Fsp3) is 0.500. The number of hydrogen-bond donors (Lipinski definition) is 1. The Morgan fingerprint density at radius 1 is 1.37 bits per heavy atom. The Kier molecular flexibility index (Phi) is 5.76. The SMILES string of the molecule is CNC(C)(CCCOc1ccc(F)cc1)C(=O)OC. The molecule has 1 aromatic rings. The van der Waals surface area contributed by atoms with E-state index in [1.807, 2.05) is 0 Å². The number of rotatable bonds is 7. The number of esters is 1. The molecule has 0 aliphatic rings. The number of carbonyl (C=O) groups excluding carboxylic acids is 1. The van der Waals surface area contributed by atoms with Gasteiger partial charge in [0.2, 0.25) is 0 Å². The van der Waals surface area contributed by atoms with Crippen molar-refractivity contribution in [2.45, 2.75) is 25.3 Å². The Balaban J connectivity index is 2.37. The first-order valence-electron chi connectivity index (χ1n) is 6.17. The maximum Gasteiger partial charge on any atom is 0.325 e. The zero-order valence-corrected chi connectivity index (χ0v) is 11.5. The van der Waals surface area contributed by atoms with Gasteiger partial charge in [-0.25, -0.2) is 4.39 Å². The van der Waals surface area contributed by atoms with E-state index < -0.39 is 5.54 Å². The summed E-state index contributed by atoms with van der Waals surface area (Å²) < 4.78 is 22.9. The lowest BCUT2D eigenvalue weighted by atomic mass is 9.96. The first-order chi connectivity index (χ1) is 9.01. The molecule has 0 heterocycles. The molecule has 106 valence electrons. The van der Waals surface area contributed by atoms with E-state index in [4.69, 9.17) is 9.47 Å². The summed E-state index contributed by atoms with van der Waals surface area (Å²) in [5, 5.41) is 2.96. The highest BCUT2D eigenvalue weighted by Gasteiger charge is 2.31. The van der Waals surface area contributed by atoms with E-state index in [1.54, 1.807) is 26.1 Å². The average molecular weight is 269 g/mol. The van der Waals surface area contributed by atoms with Gasteiger partial charge in [0.25, 0.3) is 0 Å². The van der Waals surface area contributed by atoms with Crippen LogP contribution in [0.25, 0.3) is 0 Å². The van der Waals surface area contributed by atoms with Crippen LogP contribution in [-0.4, -0.2) is 32.3 Å². The number of nitrogens with one attached hydrogen (secondary N) is 1. The lowest BCUT2D eigenvalue weighted by Crippen LogP contribution is -2.48. The molecule has 0 bridgehead atoms. The quantitative estimate of drug-likeness (QED) is 0.608. The van der Waals surface area contributed by atoms with E-state index in [9.17, 15) is 9.18 Å². The van der Waals surface area contributed by atoms with Crippen LogP contribution in [0.2, 0.25) is 0 Å². The van der Waals surface area contributed by atoms with Crippen LogP contribution in [0.1, 0.15) is 19.8 Å². The molecule has 0 saturated carbocycles. The Labute approximate surface area is 112 Å². The van der Waals surface area contributed by atoms with Gasteiger partial charge >= 0.3 is 5.97 Å². The first kappa shape index (κ1) is 15.4. The Bertz CT molecular complexity index is 408. The van der Waals surface area contributed by atoms with Crippen molar-refractivity contribution in [3.05, 3.63) is 30.1 Å². The van der Waals surface area contributed by atoms with Crippen molar-refractivity contribution in [3.63, 3.8) is 0 Å². The zero-order chi connectivity index (χ0) is 14.3. The largest absolute Gasteiger partial charge is 0.494 e. The topological polar surface area (TPSA) is 47.6 Å². The second kappa shape index (κ2) is 7.09. The molecule has 1 atom stereocenters. The molecule has 0 spiro atoms. The summed E-state index contributed by atoms with van der Waals surface area (Å²) in [6, 6.07) is 5.85. The van der Waals surface area contributed by atoms with Crippen LogP contribution in [0.4, 0.5) is 4.39 Å². The molecular weight excluding hydrogens is 249 g/mol. The summed E-state index contributed by atoms with van der Waals surface area (Å²) >= 11 is 0. The van der Waals surface area contributed by atoms with Crippen molar-refractivity contribution < 1.29 is 18.7 Å². The number of methoxy groups -OCH3 is 1. The maximum atomic E-state index is 12.7. The van der Waals surface area contributed by atoms with Crippen LogP contribution in [-0.2, 0) is 9.53 Å². The summed E-state index contributed by atoms with van der Waals surface area (Å²) in [7, 11) is 3.09. The molecule has 0 fully saturated rings. The molecule has 19 heavy (non-hydrogen) atoms. The number of hydrogen-bond acceptors (Lipinski definition) is 4. The van der Waals surface area contributed by atoms with Gasteiger partial charge in [-0.1, -0.05) is 0 Å². The van der Waals surface area contributed by atoms with E-state index in [-0.39, 0.29) is 11.8 Å². The number of ether oxygens (including phenoxy) is 2. The highest BCUT2D eigenvalue weighted by Crippen LogP contribution is 2.16. The molecule has 1 N–H and O–H groups in total. The second-order valence-electron chi connectivity index (χ2n) is 4.48. The summed E-state index contributed by atoms with van der Waals surface area (Å²) in [6.07, 6.45) is 1.28. The van der Waals surface area contributed by atoms with Crippen LogP contribution in [0.3, 0.4) is 0 Å². The van der Waals surface area contributed by atoms with Gasteiger partial charge in [-0.15, -0.1) is 0 Å². The Morgan fingerprint density at radius 3 is 2.53 bits per heavy atom. The van der Waals surface area contributed by atoms with Gasteiger partial charge in [0.05, 0.1) is 13.7 Å². The van der Waals surface area contributed by atoms with Crippen LogP contribution in [0.5, 0.6) is 5.75 Å². The van der Waals surface area contributed by atoms with Gasteiger partial charge in [-0.2, -0.15) is 0 Å². The molecule has 0 radical (unpaired) electrons. The lowest BCUT2D eigenvalue weighted by Gasteiger charge is -2.25. The van der Waals surface area contributed by atoms with E-state index in [0.29, 0.717) is 25.2 Å². The molecule has 1 unspecified atom stereocenters.